The third-order valence-corrected chi connectivity index (χ3v) is 6.18. The van der Waals surface area contributed by atoms with E-state index in [2.05, 4.69) is 43.8 Å². The Morgan fingerprint density at radius 3 is 2.47 bits per heavy atom. The van der Waals surface area contributed by atoms with Gasteiger partial charge in [-0.3, -0.25) is 0 Å². The average molecular weight is 496 g/mol. The van der Waals surface area contributed by atoms with Gasteiger partial charge in [0.05, 0.1) is 29.5 Å². The second-order valence-electron chi connectivity index (χ2n) is 8.32. The highest BCUT2D eigenvalue weighted by atomic mass is 19.4. The van der Waals surface area contributed by atoms with Gasteiger partial charge in [-0.15, -0.1) is 0 Å². The van der Waals surface area contributed by atoms with Gasteiger partial charge in [0.15, 0.2) is 11.3 Å². The van der Waals surface area contributed by atoms with E-state index in [0.717, 1.165) is 49.0 Å². The largest absolute Gasteiger partial charge is 0.419 e. The van der Waals surface area contributed by atoms with Crippen LogP contribution in [0.2, 0.25) is 0 Å². The molecule has 0 aliphatic heterocycles. The van der Waals surface area contributed by atoms with Gasteiger partial charge < -0.3 is 15.2 Å². The molecule has 5 rings (SSSR count). The summed E-state index contributed by atoms with van der Waals surface area (Å²) in [5, 5.41) is 4.53. The van der Waals surface area contributed by atoms with E-state index >= 15 is 0 Å². The number of nitrogens with zero attached hydrogens (tertiary/aromatic N) is 8. The summed E-state index contributed by atoms with van der Waals surface area (Å²) in [6.45, 7) is 7.91. The lowest BCUT2D eigenvalue weighted by Crippen LogP contribution is -2.26. The molecule has 0 spiro atoms. The summed E-state index contributed by atoms with van der Waals surface area (Å²) >= 11 is 0. The molecule has 0 bridgehead atoms. The summed E-state index contributed by atoms with van der Waals surface area (Å²) < 4.78 is 43.5. The molecule has 0 aromatic carbocycles. The number of rotatable bonds is 7. The van der Waals surface area contributed by atoms with E-state index in [1.54, 1.807) is 35.4 Å². The monoisotopic (exact) mass is 495 g/mol. The van der Waals surface area contributed by atoms with Gasteiger partial charge in [0.2, 0.25) is 0 Å². The van der Waals surface area contributed by atoms with Crippen LogP contribution >= 0.6 is 0 Å². The van der Waals surface area contributed by atoms with Crippen LogP contribution in [0.1, 0.15) is 19.4 Å². The van der Waals surface area contributed by atoms with E-state index in [0.29, 0.717) is 17.0 Å². The topological polar surface area (TPSA) is 103 Å². The maximum Gasteiger partial charge on any atom is 0.419 e. The predicted octanol–water partition coefficient (Wildman–Crippen LogP) is 4.15. The molecule has 12 heteroatoms. The van der Waals surface area contributed by atoms with Crippen LogP contribution in [0.25, 0.3) is 39.3 Å². The summed E-state index contributed by atoms with van der Waals surface area (Å²) in [4.78, 5) is 19.6. The summed E-state index contributed by atoms with van der Waals surface area (Å²) in [6, 6.07) is 6.13. The number of pyridine rings is 2. The highest BCUT2D eigenvalue weighted by Gasteiger charge is 2.34. The zero-order valence-corrected chi connectivity index (χ0v) is 19.7. The number of hydrogen-bond donors (Lipinski definition) is 1. The second kappa shape index (κ2) is 9.19. The van der Waals surface area contributed by atoms with Gasteiger partial charge in [-0.05, 0) is 37.4 Å². The van der Waals surface area contributed by atoms with Gasteiger partial charge in [0, 0.05) is 36.6 Å². The number of halogens is 3. The van der Waals surface area contributed by atoms with Gasteiger partial charge in [-0.25, -0.2) is 24.5 Å². The fourth-order valence-electron chi connectivity index (χ4n) is 4.11. The van der Waals surface area contributed by atoms with Crippen LogP contribution in [0.15, 0.2) is 49.2 Å². The number of fused-ring (bicyclic) bond motifs is 2. The van der Waals surface area contributed by atoms with Gasteiger partial charge in [-0.1, -0.05) is 13.8 Å². The zero-order chi connectivity index (χ0) is 25.4. The number of nitrogen functional groups attached to an aromatic ring is 1. The van der Waals surface area contributed by atoms with Gasteiger partial charge in [0.25, 0.3) is 0 Å². The minimum atomic E-state index is -4.62. The van der Waals surface area contributed by atoms with E-state index in [-0.39, 0.29) is 5.56 Å². The molecule has 0 fully saturated rings. The molecule has 0 aliphatic carbocycles. The molecule has 0 saturated carbocycles. The molecule has 5 heterocycles. The smallest absolute Gasteiger partial charge is 0.383 e. The molecule has 9 nitrogen and oxygen atoms in total. The molecule has 2 N–H and O–H groups in total. The van der Waals surface area contributed by atoms with Crippen LogP contribution in [-0.2, 0) is 12.7 Å². The van der Waals surface area contributed by atoms with Crippen LogP contribution in [0, 0.1) is 0 Å². The first kappa shape index (κ1) is 23.7. The molecule has 5 aromatic rings. The lowest BCUT2D eigenvalue weighted by Gasteiger charge is -2.17. The molecule has 36 heavy (non-hydrogen) atoms. The summed E-state index contributed by atoms with van der Waals surface area (Å²) in [5.74, 6) is -0.577. The Morgan fingerprint density at radius 1 is 0.944 bits per heavy atom. The number of aromatic nitrogens is 7. The Morgan fingerprint density at radius 2 is 1.72 bits per heavy atom. The van der Waals surface area contributed by atoms with Crippen molar-refractivity contribution in [1.29, 1.82) is 0 Å². The third kappa shape index (κ3) is 4.35. The minimum Gasteiger partial charge on any atom is -0.383 e. The van der Waals surface area contributed by atoms with Crippen LogP contribution in [0.3, 0.4) is 0 Å². The molecule has 0 atom stereocenters. The van der Waals surface area contributed by atoms with E-state index in [1.165, 1.54) is 6.20 Å². The maximum atomic E-state index is 13.3. The standard InChI is InChI=1S/C24H24F3N9/c1-3-34(4-2)7-8-35-14-32-19-10-16(12-31-23(19)35)20-13-29-21-6-5-18(33-36(20)21)15-9-17(24(25,26)27)22(28)30-11-15/h5-6,9-14H,3-4,7-8H2,1-2H3,(H2,28,30). The Labute approximate surface area is 204 Å². The van der Waals surface area contributed by atoms with Gasteiger partial charge in [-0.2, -0.15) is 18.3 Å². The van der Waals surface area contributed by atoms with Crippen molar-refractivity contribution in [3.8, 4) is 22.5 Å². The first-order chi connectivity index (χ1) is 17.3. The fraction of sp³-hybridized carbons (Fsp3) is 0.292. The Balaban J connectivity index is 1.50. The van der Waals surface area contributed by atoms with Crippen molar-refractivity contribution in [2.24, 2.45) is 0 Å². The minimum absolute atomic E-state index is 0.193. The Bertz CT molecular complexity index is 1530. The Kier molecular flexibility index (Phi) is 6.04. The van der Waals surface area contributed by atoms with Gasteiger partial charge in [0.1, 0.15) is 11.3 Å². The molecule has 0 unspecified atom stereocenters. The number of alkyl halides is 3. The number of likely N-dealkylation sites (N-methyl/N-ethyl adjacent to an activating group) is 1. The molecule has 5 aromatic heterocycles. The van der Waals surface area contributed by atoms with Crippen LogP contribution < -0.4 is 5.73 Å². The van der Waals surface area contributed by atoms with E-state index < -0.39 is 17.6 Å². The average Bonchev–Trinajstić information content (AvgIpc) is 3.47. The fourth-order valence-corrected chi connectivity index (χ4v) is 4.11. The zero-order valence-electron chi connectivity index (χ0n) is 19.7. The molecule has 0 saturated heterocycles. The normalized spacial score (nSPS) is 12.3. The van der Waals surface area contributed by atoms with Crippen LogP contribution in [-0.4, -0.2) is 58.7 Å². The van der Waals surface area contributed by atoms with Crippen molar-refractivity contribution in [1.82, 2.24) is 39.0 Å². The predicted molar refractivity (Wildman–Crippen MR) is 130 cm³/mol. The van der Waals surface area contributed by atoms with Gasteiger partial charge >= 0.3 is 6.18 Å². The van der Waals surface area contributed by atoms with Crippen molar-refractivity contribution < 1.29 is 13.2 Å². The number of nitrogens with two attached hydrogens (primary N) is 1. The number of hydrogen-bond acceptors (Lipinski definition) is 7. The SMILES string of the molecule is CCN(CC)CCn1cnc2cc(-c3cnc4ccc(-c5cnc(N)c(C(F)(F)F)c5)nn34)cnc21. The second-order valence-corrected chi connectivity index (χ2v) is 8.32. The van der Waals surface area contributed by atoms with E-state index in [9.17, 15) is 13.2 Å². The van der Waals surface area contributed by atoms with Crippen molar-refractivity contribution >= 4 is 22.6 Å². The molecule has 0 amide bonds. The number of imidazole rings is 2. The quantitative estimate of drug-likeness (QED) is 0.362. The molecular formula is C24H24F3N9. The van der Waals surface area contributed by atoms with Crippen molar-refractivity contribution in [3.63, 3.8) is 0 Å². The number of anilines is 1. The van der Waals surface area contributed by atoms with E-state index in [4.69, 9.17) is 5.73 Å². The highest BCUT2D eigenvalue weighted by Crippen LogP contribution is 2.35. The Hall–Kier alpha value is -4.06. The summed E-state index contributed by atoms with van der Waals surface area (Å²) in [6.07, 6.45) is 1.81. The summed E-state index contributed by atoms with van der Waals surface area (Å²) in [5.41, 5.74) is 8.36. The molecule has 186 valence electrons. The first-order valence-corrected chi connectivity index (χ1v) is 11.5. The first-order valence-electron chi connectivity index (χ1n) is 11.5. The van der Waals surface area contributed by atoms with Crippen molar-refractivity contribution in [2.45, 2.75) is 26.6 Å². The summed E-state index contributed by atoms with van der Waals surface area (Å²) in [7, 11) is 0. The third-order valence-electron chi connectivity index (χ3n) is 6.18. The van der Waals surface area contributed by atoms with E-state index in [1.807, 2.05) is 10.6 Å². The highest BCUT2D eigenvalue weighted by molar-refractivity contribution is 5.78. The lowest BCUT2D eigenvalue weighted by molar-refractivity contribution is -0.137. The molecule has 0 radical (unpaired) electrons. The van der Waals surface area contributed by atoms with Crippen LogP contribution in [0.5, 0.6) is 0 Å². The maximum absolute atomic E-state index is 13.3. The van der Waals surface area contributed by atoms with Crippen LogP contribution in [0.4, 0.5) is 19.0 Å². The molecular weight excluding hydrogens is 471 g/mol. The van der Waals surface area contributed by atoms with Crippen molar-refractivity contribution in [2.75, 3.05) is 25.4 Å². The molecule has 0 aliphatic rings. The van der Waals surface area contributed by atoms with Crippen molar-refractivity contribution in [3.05, 3.63) is 54.7 Å². The lowest BCUT2D eigenvalue weighted by atomic mass is 10.1.